The maximum atomic E-state index is 13.4. The van der Waals surface area contributed by atoms with Crippen molar-refractivity contribution in [2.24, 2.45) is 5.73 Å². The van der Waals surface area contributed by atoms with Crippen LogP contribution in [0.15, 0.2) is 78.9 Å². The minimum Gasteiger partial charge on any atom is -0.460 e. The fourth-order valence-electron chi connectivity index (χ4n) is 3.87. The standard InChI is InChI=1S/C29H32ClNO4/c1-20-14-16-22(17-15-20)29(21-10-6-5-7-11-21,23-12-8-9-13-24(23)30)35-27(33)25(31)18-19-26(32)34-28(2,3)4/h5-17,25H,18-19,31H2,1-4H3/t25-,29?/m1/s1. The molecule has 0 saturated carbocycles. The summed E-state index contributed by atoms with van der Waals surface area (Å²) in [6, 6.07) is 23.4. The number of ether oxygens (including phenoxy) is 2. The van der Waals surface area contributed by atoms with Crippen molar-refractivity contribution >= 4 is 23.5 Å². The Balaban J connectivity index is 2.03. The molecule has 35 heavy (non-hydrogen) atoms. The predicted octanol–water partition coefficient (Wildman–Crippen LogP) is 5.93. The molecule has 184 valence electrons. The van der Waals surface area contributed by atoms with E-state index in [-0.39, 0.29) is 12.8 Å². The second-order valence-corrected chi connectivity index (χ2v) is 9.95. The normalized spacial score (nSPS) is 14.0. The molecule has 0 saturated heterocycles. The van der Waals surface area contributed by atoms with E-state index in [2.05, 4.69) is 0 Å². The molecular formula is C29H32ClNO4. The molecule has 1 unspecified atom stereocenters. The summed E-state index contributed by atoms with van der Waals surface area (Å²) in [6.45, 7) is 7.36. The molecule has 3 aromatic rings. The van der Waals surface area contributed by atoms with Crippen LogP contribution in [0.25, 0.3) is 0 Å². The van der Waals surface area contributed by atoms with E-state index in [4.69, 9.17) is 26.8 Å². The quantitative estimate of drug-likeness (QED) is 0.310. The number of rotatable bonds is 8. The summed E-state index contributed by atoms with van der Waals surface area (Å²) in [7, 11) is 0. The Morgan fingerprint density at radius 3 is 2.03 bits per heavy atom. The molecule has 0 radical (unpaired) electrons. The van der Waals surface area contributed by atoms with Crippen LogP contribution in [-0.4, -0.2) is 23.6 Å². The van der Waals surface area contributed by atoms with E-state index in [9.17, 15) is 9.59 Å². The van der Waals surface area contributed by atoms with Crippen LogP contribution >= 0.6 is 11.6 Å². The Bertz CT molecular complexity index is 1160. The molecule has 0 fully saturated rings. The minimum absolute atomic E-state index is 0.00248. The van der Waals surface area contributed by atoms with Crippen molar-refractivity contribution in [1.29, 1.82) is 0 Å². The zero-order chi connectivity index (χ0) is 25.6. The van der Waals surface area contributed by atoms with Crippen LogP contribution in [0.2, 0.25) is 5.02 Å². The Kier molecular flexibility index (Phi) is 8.36. The number of esters is 2. The molecule has 3 rings (SSSR count). The van der Waals surface area contributed by atoms with Crippen molar-refractivity contribution in [2.75, 3.05) is 0 Å². The summed E-state index contributed by atoms with van der Waals surface area (Å²) < 4.78 is 11.7. The van der Waals surface area contributed by atoms with E-state index in [1.54, 1.807) is 26.8 Å². The fraction of sp³-hybridized carbons (Fsp3) is 0.310. The number of hydrogen-bond acceptors (Lipinski definition) is 5. The molecule has 0 aromatic heterocycles. The van der Waals surface area contributed by atoms with Crippen LogP contribution in [0.1, 0.15) is 55.9 Å². The summed E-state index contributed by atoms with van der Waals surface area (Å²) in [5.41, 5.74) is 7.41. The fourth-order valence-corrected chi connectivity index (χ4v) is 4.14. The van der Waals surface area contributed by atoms with Gasteiger partial charge >= 0.3 is 11.9 Å². The van der Waals surface area contributed by atoms with E-state index >= 15 is 0 Å². The first-order valence-electron chi connectivity index (χ1n) is 11.6. The molecule has 6 heteroatoms. The van der Waals surface area contributed by atoms with Gasteiger partial charge in [-0.05, 0) is 40.2 Å². The van der Waals surface area contributed by atoms with E-state index in [1.165, 1.54) is 0 Å². The van der Waals surface area contributed by atoms with Crippen molar-refractivity contribution in [1.82, 2.24) is 0 Å². The Labute approximate surface area is 212 Å². The Morgan fingerprint density at radius 2 is 1.43 bits per heavy atom. The highest BCUT2D eigenvalue weighted by Crippen LogP contribution is 2.43. The summed E-state index contributed by atoms with van der Waals surface area (Å²) in [5.74, 6) is -1.06. The van der Waals surface area contributed by atoms with Crippen LogP contribution < -0.4 is 5.73 Å². The summed E-state index contributed by atoms with van der Waals surface area (Å²) in [5, 5.41) is 0.451. The first kappa shape index (κ1) is 26.5. The molecule has 3 aromatic carbocycles. The van der Waals surface area contributed by atoms with Crippen LogP contribution in [0.4, 0.5) is 0 Å². The third kappa shape index (κ3) is 6.50. The minimum atomic E-state index is -1.34. The second kappa shape index (κ2) is 11.1. The van der Waals surface area contributed by atoms with Gasteiger partial charge in [0.05, 0.1) is 0 Å². The second-order valence-electron chi connectivity index (χ2n) is 9.55. The number of nitrogens with two attached hydrogens (primary N) is 1. The van der Waals surface area contributed by atoms with Gasteiger partial charge in [0.15, 0.2) is 5.60 Å². The molecule has 0 spiro atoms. The molecule has 0 aliphatic rings. The zero-order valence-corrected chi connectivity index (χ0v) is 21.3. The summed E-state index contributed by atoms with van der Waals surface area (Å²) in [6.07, 6.45) is 0.0948. The van der Waals surface area contributed by atoms with Crippen molar-refractivity contribution in [3.8, 4) is 0 Å². The van der Waals surface area contributed by atoms with Gasteiger partial charge in [0, 0.05) is 28.1 Å². The van der Waals surface area contributed by atoms with Crippen LogP contribution in [0.5, 0.6) is 0 Å². The molecule has 0 heterocycles. The maximum absolute atomic E-state index is 13.4. The van der Waals surface area contributed by atoms with Crippen LogP contribution in [0, 0.1) is 6.92 Å². The molecule has 5 nitrogen and oxygen atoms in total. The smallest absolute Gasteiger partial charge is 0.324 e. The lowest BCUT2D eigenvalue weighted by Gasteiger charge is -2.36. The zero-order valence-electron chi connectivity index (χ0n) is 20.6. The van der Waals surface area contributed by atoms with Gasteiger partial charge in [-0.15, -0.1) is 0 Å². The largest absolute Gasteiger partial charge is 0.460 e. The topological polar surface area (TPSA) is 78.6 Å². The lowest BCUT2D eigenvalue weighted by atomic mass is 9.79. The highest BCUT2D eigenvalue weighted by molar-refractivity contribution is 6.31. The van der Waals surface area contributed by atoms with Gasteiger partial charge in [0.25, 0.3) is 0 Å². The van der Waals surface area contributed by atoms with Crippen molar-refractivity contribution in [3.05, 3.63) is 106 Å². The number of hydrogen-bond donors (Lipinski definition) is 1. The van der Waals surface area contributed by atoms with Gasteiger partial charge in [-0.1, -0.05) is 90.0 Å². The lowest BCUT2D eigenvalue weighted by Crippen LogP contribution is -2.42. The van der Waals surface area contributed by atoms with E-state index < -0.39 is 29.2 Å². The third-order valence-electron chi connectivity index (χ3n) is 5.53. The summed E-state index contributed by atoms with van der Waals surface area (Å²) in [4.78, 5) is 25.6. The van der Waals surface area contributed by atoms with Crippen LogP contribution in [0.3, 0.4) is 0 Å². The molecule has 2 N–H and O–H groups in total. The van der Waals surface area contributed by atoms with Gasteiger partial charge < -0.3 is 15.2 Å². The molecule has 2 atom stereocenters. The average Bonchev–Trinajstić information content (AvgIpc) is 2.81. The van der Waals surface area contributed by atoms with E-state index in [0.29, 0.717) is 10.6 Å². The number of carbonyl (C=O) groups excluding carboxylic acids is 2. The third-order valence-corrected chi connectivity index (χ3v) is 5.86. The van der Waals surface area contributed by atoms with Gasteiger partial charge in [-0.25, -0.2) is 0 Å². The highest BCUT2D eigenvalue weighted by Gasteiger charge is 2.43. The summed E-state index contributed by atoms with van der Waals surface area (Å²) >= 11 is 6.68. The molecule has 0 aliphatic heterocycles. The predicted molar refractivity (Wildman–Crippen MR) is 138 cm³/mol. The average molecular weight is 494 g/mol. The van der Waals surface area contributed by atoms with E-state index in [1.807, 2.05) is 79.7 Å². The first-order chi connectivity index (χ1) is 16.5. The number of carbonyl (C=O) groups is 2. The Morgan fingerprint density at radius 1 is 0.857 bits per heavy atom. The number of aryl methyl sites for hydroxylation is 1. The van der Waals surface area contributed by atoms with Crippen molar-refractivity contribution < 1.29 is 19.1 Å². The molecule has 0 bridgehead atoms. The highest BCUT2D eigenvalue weighted by atomic mass is 35.5. The van der Waals surface area contributed by atoms with Gasteiger partial charge in [-0.3, -0.25) is 9.59 Å². The lowest BCUT2D eigenvalue weighted by molar-refractivity contribution is -0.157. The molecular weight excluding hydrogens is 462 g/mol. The monoisotopic (exact) mass is 493 g/mol. The molecule has 0 aliphatic carbocycles. The molecule has 0 amide bonds. The maximum Gasteiger partial charge on any atom is 0.324 e. The first-order valence-corrected chi connectivity index (χ1v) is 12.0. The van der Waals surface area contributed by atoms with Crippen LogP contribution in [-0.2, 0) is 24.7 Å². The van der Waals surface area contributed by atoms with E-state index in [0.717, 1.165) is 16.7 Å². The Hall–Kier alpha value is -3.15. The van der Waals surface area contributed by atoms with Crippen molar-refractivity contribution in [2.45, 2.75) is 57.8 Å². The van der Waals surface area contributed by atoms with Gasteiger partial charge in [0.2, 0.25) is 0 Å². The van der Waals surface area contributed by atoms with Gasteiger partial charge in [-0.2, -0.15) is 0 Å². The number of benzene rings is 3. The number of halogens is 1. The van der Waals surface area contributed by atoms with Crippen molar-refractivity contribution in [3.63, 3.8) is 0 Å². The SMILES string of the molecule is Cc1ccc(C(OC(=O)[C@H](N)CCC(=O)OC(C)(C)C)(c2ccccc2)c2ccccc2Cl)cc1. The van der Waals surface area contributed by atoms with Gasteiger partial charge in [0.1, 0.15) is 11.6 Å².